The summed E-state index contributed by atoms with van der Waals surface area (Å²) < 4.78 is 27.0. The normalized spacial score (nSPS) is 12.2. The van der Waals surface area contributed by atoms with Gasteiger partial charge in [0.05, 0.1) is 22.8 Å². The molecule has 0 atom stereocenters. The number of halogens is 2. The highest BCUT2D eigenvalue weighted by Gasteiger charge is 2.29. The SMILES string of the molecule is CC(C)NC(=O)N1c2ccc(C(=O)NCc3ccc(F)cc3)cc2N=C(c2ccc(F)cc2)c2ccccc21. The van der Waals surface area contributed by atoms with Gasteiger partial charge in [0, 0.05) is 29.3 Å². The summed E-state index contributed by atoms with van der Waals surface area (Å²) >= 11 is 0. The molecule has 4 aromatic carbocycles. The fourth-order valence-electron chi connectivity index (χ4n) is 4.37. The molecule has 0 aliphatic carbocycles. The zero-order valence-electron chi connectivity index (χ0n) is 21.4. The molecule has 0 aromatic heterocycles. The minimum atomic E-state index is -0.375. The Kier molecular flexibility index (Phi) is 7.19. The summed E-state index contributed by atoms with van der Waals surface area (Å²) in [5, 5.41) is 5.78. The van der Waals surface area contributed by atoms with Crippen LogP contribution in [0.4, 0.5) is 30.6 Å². The van der Waals surface area contributed by atoms with Crippen molar-refractivity contribution in [2.24, 2.45) is 4.99 Å². The predicted octanol–water partition coefficient (Wildman–Crippen LogP) is 6.63. The van der Waals surface area contributed by atoms with E-state index in [9.17, 15) is 18.4 Å². The second kappa shape index (κ2) is 10.9. The standard InChI is InChI=1S/C31H26F2N4O2/c1-19(2)35-31(39)37-27-6-4-3-5-25(27)29(21-9-14-24(33)15-10-21)36-26-17-22(11-16-28(26)37)30(38)34-18-20-7-12-23(32)13-8-20/h3-17,19H,18H2,1-2H3,(H,34,38)(H,35,39). The van der Waals surface area contributed by atoms with E-state index >= 15 is 0 Å². The van der Waals surface area contributed by atoms with E-state index in [4.69, 9.17) is 4.99 Å². The molecule has 39 heavy (non-hydrogen) atoms. The van der Waals surface area contributed by atoms with Crippen molar-refractivity contribution in [1.82, 2.24) is 10.6 Å². The number of fused-ring (bicyclic) bond motifs is 2. The van der Waals surface area contributed by atoms with Gasteiger partial charge in [-0.1, -0.05) is 30.3 Å². The second-order valence-electron chi connectivity index (χ2n) is 9.44. The third kappa shape index (κ3) is 5.55. The number of carbonyl (C=O) groups is 2. The lowest BCUT2D eigenvalue weighted by molar-refractivity contribution is 0.0951. The monoisotopic (exact) mass is 524 g/mol. The summed E-state index contributed by atoms with van der Waals surface area (Å²) in [5.74, 6) is -1.07. The van der Waals surface area contributed by atoms with Gasteiger partial charge in [0.15, 0.2) is 0 Å². The molecule has 1 aliphatic heterocycles. The van der Waals surface area contributed by atoms with Crippen LogP contribution in [0.3, 0.4) is 0 Å². The minimum Gasteiger partial charge on any atom is -0.348 e. The van der Waals surface area contributed by atoms with Crippen molar-refractivity contribution in [2.45, 2.75) is 26.4 Å². The lowest BCUT2D eigenvalue weighted by Gasteiger charge is -2.26. The Morgan fingerprint density at radius 1 is 0.846 bits per heavy atom. The van der Waals surface area contributed by atoms with Crippen LogP contribution in [-0.2, 0) is 6.54 Å². The van der Waals surface area contributed by atoms with Crippen LogP contribution in [0.2, 0.25) is 0 Å². The van der Waals surface area contributed by atoms with Gasteiger partial charge in [-0.25, -0.2) is 18.6 Å². The molecule has 3 amide bonds. The van der Waals surface area contributed by atoms with Gasteiger partial charge in [0.25, 0.3) is 5.91 Å². The van der Waals surface area contributed by atoms with E-state index in [1.54, 1.807) is 47.4 Å². The summed E-state index contributed by atoms with van der Waals surface area (Å²) in [7, 11) is 0. The molecule has 1 heterocycles. The average Bonchev–Trinajstić information content (AvgIpc) is 3.07. The van der Waals surface area contributed by atoms with Gasteiger partial charge >= 0.3 is 6.03 Å². The Labute approximate surface area is 225 Å². The van der Waals surface area contributed by atoms with E-state index in [2.05, 4.69) is 10.6 Å². The molecule has 0 radical (unpaired) electrons. The molecule has 6 nitrogen and oxygen atoms in total. The van der Waals surface area contributed by atoms with Crippen molar-refractivity contribution in [1.29, 1.82) is 0 Å². The number of hydrogen-bond donors (Lipinski definition) is 2. The lowest BCUT2D eigenvalue weighted by Crippen LogP contribution is -2.40. The fraction of sp³-hybridized carbons (Fsp3) is 0.129. The number of benzene rings is 4. The summed E-state index contributed by atoms with van der Waals surface area (Å²) in [4.78, 5) is 33.0. The van der Waals surface area contributed by atoms with E-state index in [-0.39, 0.29) is 36.2 Å². The smallest absolute Gasteiger partial charge is 0.326 e. The Bertz CT molecular complexity index is 1560. The van der Waals surface area contributed by atoms with E-state index < -0.39 is 0 Å². The van der Waals surface area contributed by atoms with Crippen LogP contribution in [0.5, 0.6) is 0 Å². The number of amides is 3. The Hall–Kier alpha value is -4.85. The first kappa shape index (κ1) is 25.8. The molecule has 4 aromatic rings. The molecule has 196 valence electrons. The van der Waals surface area contributed by atoms with Gasteiger partial charge in [0.2, 0.25) is 0 Å². The van der Waals surface area contributed by atoms with Crippen LogP contribution in [0, 0.1) is 11.6 Å². The molecule has 0 fully saturated rings. The van der Waals surface area contributed by atoms with Crippen molar-refractivity contribution in [3.8, 4) is 0 Å². The molecule has 0 unspecified atom stereocenters. The molecule has 0 saturated heterocycles. The van der Waals surface area contributed by atoms with Gasteiger partial charge < -0.3 is 10.6 Å². The van der Waals surface area contributed by atoms with Gasteiger partial charge in [-0.3, -0.25) is 9.69 Å². The molecular formula is C31H26F2N4O2. The molecule has 0 bridgehead atoms. The minimum absolute atomic E-state index is 0.120. The lowest BCUT2D eigenvalue weighted by atomic mass is 10.00. The number of aliphatic imine (C=N–C) groups is 1. The van der Waals surface area contributed by atoms with Gasteiger partial charge in [-0.2, -0.15) is 0 Å². The third-order valence-corrected chi connectivity index (χ3v) is 6.21. The second-order valence-corrected chi connectivity index (χ2v) is 9.44. The van der Waals surface area contributed by atoms with E-state index in [1.807, 2.05) is 38.1 Å². The first-order valence-electron chi connectivity index (χ1n) is 12.5. The van der Waals surface area contributed by atoms with E-state index in [0.29, 0.717) is 39.5 Å². The Morgan fingerprint density at radius 3 is 2.21 bits per heavy atom. The molecule has 1 aliphatic rings. The number of anilines is 2. The molecule has 0 saturated carbocycles. The zero-order chi connectivity index (χ0) is 27.5. The number of urea groups is 1. The highest BCUT2D eigenvalue weighted by atomic mass is 19.1. The van der Waals surface area contributed by atoms with Crippen LogP contribution in [0.25, 0.3) is 0 Å². The topological polar surface area (TPSA) is 73.8 Å². The predicted molar refractivity (Wildman–Crippen MR) is 148 cm³/mol. The fourth-order valence-corrected chi connectivity index (χ4v) is 4.37. The van der Waals surface area contributed by atoms with E-state index in [0.717, 1.165) is 5.56 Å². The number of nitrogens with zero attached hydrogens (tertiary/aromatic N) is 2. The molecule has 8 heteroatoms. The zero-order valence-corrected chi connectivity index (χ0v) is 21.4. The molecule has 2 N–H and O–H groups in total. The number of nitrogens with one attached hydrogen (secondary N) is 2. The summed E-state index contributed by atoms with van der Waals surface area (Å²) in [6.45, 7) is 3.96. The highest BCUT2D eigenvalue weighted by Crippen LogP contribution is 2.41. The summed E-state index contributed by atoms with van der Waals surface area (Å²) in [6.07, 6.45) is 0. The maximum absolute atomic E-state index is 13.8. The molecular weight excluding hydrogens is 498 g/mol. The van der Waals surface area contributed by atoms with Crippen molar-refractivity contribution in [2.75, 3.05) is 4.90 Å². The first-order chi connectivity index (χ1) is 18.8. The van der Waals surface area contributed by atoms with Crippen molar-refractivity contribution in [3.63, 3.8) is 0 Å². The van der Waals surface area contributed by atoms with Crippen molar-refractivity contribution in [3.05, 3.63) is 125 Å². The molecule has 5 rings (SSSR count). The average molecular weight is 525 g/mol. The maximum Gasteiger partial charge on any atom is 0.326 e. The van der Waals surface area contributed by atoms with Crippen LogP contribution >= 0.6 is 0 Å². The largest absolute Gasteiger partial charge is 0.348 e. The van der Waals surface area contributed by atoms with Crippen LogP contribution < -0.4 is 15.5 Å². The van der Waals surface area contributed by atoms with Crippen LogP contribution in [0.1, 0.15) is 40.9 Å². The van der Waals surface area contributed by atoms with Crippen molar-refractivity contribution >= 4 is 34.7 Å². The number of rotatable bonds is 5. The quantitative estimate of drug-likeness (QED) is 0.307. The van der Waals surface area contributed by atoms with Crippen molar-refractivity contribution < 1.29 is 18.4 Å². The molecule has 0 spiro atoms. The Morgan fingerprint density at radius 2 is 1.51 bits per heavy atom. The van der Waals surface area contributed by atoms with Gasteiger partial charge in [-0.15, -0.1) is 0 Å². The summed E-state index contributed by atoms with van der Waals surface area (Å²) in [5.41, 5.74) is 4.47. The van der Waals surface area contributed by atoms with Crippen LogP contribution in [-0.4, -0.2) is 23.7 Å². The van der Waals surface area contributed by atoms with E-state index in [1.165, 1.54) is 24.3 Å². The van der Waals surface area contributed by atoms with Gasteiger partial charge in [0.1, 0.15) is 11.6 Å². The van der Waals surface area contributed by atoms with Gasteiger partial charge in [-0.05, 0) is 80.1 Å². The number of para-hydroxylation sites is 1. The number of carbonyl (C=O) groups excluding carboxylic acids is 2. The Balaban J connectivity index is 1.60. The first-order valence-corrected chi connectivity index (χ1v) is 12.5. The van der Waals surface area contributed by atoms with Crippen LogP contribution in [0.15, 0.2) is 96.0 Å². The number of hydrogen-bond acceptors (Lipinski definition) is 3. The summed E-state index contributed by atoms with van der Waals surface area (Å²) in [6, 6.07) is 23.7. The third-order valence-electron chi connectivity index (χ3n) is 6.21. The highest BCUT2D eigenvalue weighted by molar-refractivity contribution is 6.21. The maximum atomic E-state index is 13.8.